The zero-order chi connectivity index (χ0) is 13.0. The van der Waals surface area contributed by atoms with E-state index in [0.717, 1.165) is 31.5 Å². The van der Waals surface area contributed by atoms with Crippen LogP contribution in [0.25, 0.3) is 0 Å². The third-order valence-corrected chi connectivity index (χ3v) is 3.43. The van der Waals surface area contributed by atoms with Crippen LogP contribution in [0.1, 0.15) is 18.4 Å². The van der Waals surface area contributed by atoms with Crippen LogP contribution in [0.15, 0.2) is 24.3 Å². The number of piperidine rings is 1. The zero-order valence-corrected chi connectivity index (χ0v) is 10.8. The van der Waals surface area contributed by atoms with Crippen molar-refractivity contribution in [1.29, 1.82) is 0 Å². The largest absolute Gasteiger partial charge is 0.399 e. The van der Waals surface area contributed by atoms with Gasteiger partial charge in [0.05, 0.1) is 12.5 Å². The number of nitrogens with two attached hydrogens (primary N) is 1. The molecule has 18 heavy (non-hydrogen) atoms. The highest BCUT2D eigenvalue weighted by Crippen LogP contribution is 2.15. The van der Waals surface area contributed by atoms with Crippen molar-refractivity contribution in [2.24, 2.45) is 0 Å². The Morgan fingerprint density at radius 2 is 2.17 bits per heavy atom. The van der Waals surface area contributed by atoms with Gasteiger partial charge in [0.25, 0.3) is 0 Å². The van der Waals surface area contributed by atoms with E-state index in [-0.39, 0.29) is 5.91 Å². The fraction of sp³-hybridized carbons (Fsp3) is 0.500. The summed E-state index contributed by atoms with van der Waals surface area (Å²) in [6, 6.07) is 7.52. The lowest BCUT2D eigenvalue weighted by Crippen LogP contribution is -2.41. The Bertz CT molecular complexity index is 412. The van der Waals surface area contributed by atoms with Crippen molar-refractivity contribution in [2.75, 3.05) is 25.9 Å². The van der Waals surface area contributed by atoms with Gasteiger partial charge in [0, 0.05) is 25.9 Å². The molecular weight excluding hydrogens is 228 g/mol. The van der Waals surface area contributed by atoms with Gasteiger partial charge in [-0.25, -0.2) is 0 Å². The molecule has 1 saturated heterocycles. The summed E-state index contributed by atoms with van der Waals surface area (Å²) in [5, 5.41) is 0. The fourth-order valence-corrected chi connectivity index (χ4v) is 2.33. The summed E-state index contributed by atoms with van der Waals surface area (Å²) in [4.78, 5) is 14.0. The highest BCUT2D eigenvalue weighted by molar-refractivity contribution is 5.79. The maximum Gasteiger partial charge on any atom is 0.226 e. The maximum absolute atomic E-state index is 12.1. The number of nitrogen functional groups attached to an aromatic ring is 1. The molecule has 4 heteroatoms. The predicted octanol–water partition coefficient (Wildman–Crippen LogP) is 1.45. The normalized spacial score (nSPS) is 16.8. The molecule has 4 nitrogen and oxygen atoms in total. The minimum absolute atomic E-state index is 0.176. The van der Waals surface area contributed by atoms with E-state index >= 15 is 0 Å². The van der Waals surface area contributed by atoms with Gasteiger partial charge in [-0.3, -0.25) is 4.79 Å². The second kappa shape index (κ2) is 5.87. The Kier molecular flexibility index (Phi) is 4.20. The number of hydrogen-bond acceptors (Lipinski definition) is 3. The van der Waals surface area contributed by atoms with Gasteiger partial charge in [0.15, 0.2) is 0 Å². The van der Waals surface area contributed by atoms with Crippen molar-refractivity contribution < 1.29 is 9.53 Å². The summed E-state index contributed by atoms with van der Waals surface area (Å²) in [5.74, 6) is 0.176. The molecular formula is C14H20N2O2. The van der Waals surface area contributed by atoms with Crippen LogP contribution in [0.3, 0.4) is 0 Å². The van der Waals surface area contributed by atoms with E-state index in [1.807, 2.05) is 29.2 Å². The summed E-state index contributed by atoms with van der Waals surface area (Å²) in [6.07, 6.45) is 2.60. The number of benzene rings is 1. The van der Waals surface area contributed by atoms with Gasteiger partial charge in [-0.05, 0) is 30.5 Å². The van der Waals surface area contributed by atoms with E-state index in [1.165, 1.54) is 0 Å². The monoisotopic (exact) mass is 248 g/mol. The molecule has 0 atom stereocenters. The van der Waals surface area contributed by atoms with Gasteiger partial charge in [0.1, 0.15) is 0 Å². The molecule has 1 amide bonds. The third-order valence-electron chi connectivity index (χ3n) is 3.43. The molecule has 0 aliphatic carbocycles. The minimum Gasteiger partial charge on any atom is -0.399 e. The molecule has 0 bridgehead atoms. The van der Waals surface area contributed by atoms with Crippen molar-refractivity contribution in [1.82, 2.24) is 4.90 Å². The first kappa shape index (κ1) is 12.9. The standard InChI is InChI=1S/C14H20N2O2/c1-18-13-5-7-16(8-6-13)14(17)10-11-3-2-4-12(15)9-11/h2-4,9,13H,5-8,10,15H2,1H3. The van der Waals surface area contributed by atoms with Gasteiger partial charge < -0.3 is 15.4 Å². The van der Waals surface area contributed by atoms with Gasteiger partial charge in [0.2, 0.25) is 5.91 Å². The van der Waals surface area contributed by atoms with Crippen LogP contribution in [0.4, 0.5) is 5.69 Å². The SMILES string of the molecule is COC1CCN(C(=O)Cc2cccc(N)c2)CC1. The van der Waals surface area contributed by atoms with E-state index in [0.29, 0.717) is 18.2 Å². The van der Waals surface area contributed by atoms with Crippen LogP contribution in [-0.4, -0.2) is 37.1 Å². The fourth-order valence-electron chi connectivity index (χ4n) is 2.33. The second-order valence-corrected chi connectivity index (χ2v) is 4.74. The van der Waals surface area contributed by atoms with Crippen molar-refractivity contribution >= 4 is 11.6 Å². The molecule has 2 N–H and O–H groups in total. The minimum atomic E-state index is 0.176. The van der Waals surface area contributed by atoms with Crippen LogP contribution < -0.4 is 5.73 Å². The first-order valence-corrected chi connectivity index (χ1v) is 6.34. The Labute approximate surface area is 108 Å². The highest BCUT2D eigenvalue weighted by atomic mass is 16.5. The van der Waals surface area contributed by atoms with Gasteiger partial charge in [-0.2, -0.15) is 0 Å². The summed E-state index contributed by atoms with van der Waals surface area (Å²) in [7, 11) is 1.73. The Morgan fingerprint density at radius 3 is 2.78 bits per heavy atom. The summed E-state index contributed by atoms with van der Waals surface area (Å²) in [5.41, 5.74) is 7.39. The van der Waals surface area contributed by atoms with E-state index in [9.17, 15) is 4.79 Å². The number of likely N-dealkylation sites (tertiary alicyclic amines) is 1. The van der Waals surface area contributed by atoms with E-state index in [2.05, 4.69) is 0 Å². The maximum atomic E-state index is 12.1. The quantitative estimate of drug-likeness (QED) is 0.824. The molecule has 1 aliphatic heterocycles. The van der Waals surface area contributed by atoms with Crippen LogP contribution in [-0.2, 0) is 16.0 Å². The Balaban J connectivity index is 1.89. The molecule has 1 aromatic carbocycles. The topological polar surface area (TPSA) is 55.6 Å². The number of carbonyl (C=O) groups excluding carboxylic acids is 1. The van der Waals surface area contributed by atoms with Crippen molar-refractivity contribution in [3.05, 3.63) is 29.8 Å². The smallest absolute Gasteiger partial charge is 0.226 e. The Morgan fingerprint density at radius 1 is 1.44 bits per heavy atom. The van der Waals surface area contributed by atoms with Crippen LogP contribution in [0, 0.1) is 0 Å². The first-order valence-electron chi connectivity index (χ1n) is 6.34. The predicted molar refractivity (Wildman–Crippen MR) is 71.2 cm³/mol. The number of hydrogen-bond donors (Lipinski definition) is 1. The Hall–Kier alpha value is -1.55. The molecule has 0 radical (unpaired) electrons. The van der Waals surface area contributed by atoms with Crippen molar-refractivity contribution in [3.8, 4) is 0 Å². The van der Waals surface area contributed by atoms with Crippen LogP contribution >= 0.6 is 0 Å². The van der Waals surface area contributed by atoms with Crippen molar-refractivity contribution in [3.63, 3.8) is 0 Å². The second-order valence-electron chi connectivity index (χ2n) is 4.74. The molecule has 0 unspecified atom stereocenters. The number of ether oxygens (including phenoxy) is 1. The van der Waals surface area contributed by atoms with E-state index < -0.39 is 0 Å². The summed E-state index contributed by atoms with van der Waals surface area (Å²) >= 11 is 0. The molecule has 1 aliphatic rings. The lowest BCUT2D eigenvalue weighted by Gasteiger charge is -2.31. The van der Waals surface area contributed by atoms with Crippen LogP contribution in [0.2, 0.25) is 0 Å². The first-order chi connectivity index (χ1) is 8.69. The lowest BCUT2D eigenvalue weighted by molar-refractivity contribution is -0.132. The van der Waals surface area contributed by atoms with E-state index in [4.69, 9.17) is 10.5 Å². The molecule has 1 fully saturated rings. The third kappa shape index (κ3) is 3.23. The molecule has 0 aromatic heterocycles. The number of methoxy groups -OCH3 is 1. The molecule has 0 spiro atoms. The molecule has 2 rings (SSSR count). The van der Waals surface area contributed by atoms with Crippen molar-refractivity contribution in [2.45, 2.75) is 25.4 Å². The number of carbonyl (C=O) groups is 1. The number of anilines is 1. The number of rotatable bonds is 3. The molecule has 98 valence electrons. The van der Waals surface area contributed by atoms with E-state index in [1.54, 1.807) is 7.11 Å². The number of amides is 1. The van der Waals surface area contributed by atoms with Gasteiger partial charge in [-0.1, -0.05) is 12.1 Å². The van der Waals surface area contributed by atoms with Crippen LogP contribution in [0.5, 0.6) is 0 Å². The van der Waals surface area contributed by atoms with Gasteiger partial charge in [-0.15, -0.1) is 0 Å². The molecule has 1 heterocycles. The lowest BCUT2D eigenvalue weighted by atomic mass is 10.1. The zero-order valence-electron chi connectivity index (χ0n) is 10.8. The van der Waals surface area contributed by atoms with Gasteiger partial charge >= 0.3 is 0 Å². The molecule has 1 aromatic rings. The summed E-state index contributed by atoms with van der Waals surface area (Å²) < 4.78 is 5.30. The highest BCUT2D eigenvalue weighted by Gasteiger charge is 2.22. The molecule has 0 saturated carbocycles. The number of nitrogens with zero attached hydrogens (tertiary/aromatic N) is 1. The average molecular weight is 248 g/mol. The average Bonchev–Trinajstić information content (AvgIpc) is 2.39. The summed E-state index contributed by atoms with van der Waals surface area (Å²) in [6.45, 7) is 1.58.